The Labute approximate surface area is 99.0 Å². The Bertz CT molecular complexity index is 314. The molecular weight excluding hydrogens is 241 g/mol. The standard InChI is InChI=1S/C9H12ClNOS.ClH/c1-9(2)5-12-8(11-9)6-3-4-7(10)13-6;/h3-4,8,11H,5H2,1-2H3;1H. The molecule has 2 rings (SSSR count). The van der Waals surface area contributed by atoms with Crippen LogP contribution in [0.2, 0.25) is 4.34 Å². The Hall–Kier alpha value is 0.200. The van der Waals surface area contributed by atoms with Crippen LogP contribution in [0.5, 0.6) is 0 Å². The maximum absolute atomic E-state index is 5.85. The molecule has 0 aliphatic carbocycles. The number of thiophene rings is 1. The Morgan fingerprint density at radius 2 is 2.29 bits per heavy atom. The van der Waals surface area contributed by atoms with Crippen molar-refractivity contribution in [1.29, 1.82) is 0 Å². The number of halogens is 2. The fourth-order valence-corrected chi connectivity index (χ4v) is 2.41. The molecule has 0 amide bonds. The third kappa shape index (κ3) is 2.61. The first-order valence-corrected chi connectivity index (χ1v) is 5.41. The molecule has 14 heavy (non-hydrogen) atoms. The zero-order valence-corrected chi connectivity index (χ0v) is 10.4. The van der Waals surface area contributed by atoms with E-state index < -0.39 is 0 Å². The molecule has 2 nitrogen and oxygen atoms in total. The molecule has 0 radical (unpaired) electrons. The van der Waals surface area contributed by atoms with Gasteiger partial charge in [-0.3, -0.25) is 5.32 Å². The van der Waals surface area contributed by atoms with Crippen molar-refractivity contribution >= 4 is 35.3 Å². The monoisotopic (exact) mass is 253 g/mol. The number of rotatable bonds is 1. The zero-order valence-electron chi connectivity index (χ0n) is 8.04. The number of ether oxygens (including phenoxy) is 1. The van der Waals surface area contributed by atoms with Crippen molar-refractivity contribution < 1.29 is 4.74 Å². The first-order chi connectivity index (χ1) is 6.07. The van der Waals surface area contributed by atoms with Crippen molar-refractivity contribution in [2.45, 2.75) is 25.6 Å². The molecule has 80 valence electrons. The van der Waals surface area contributed by atoms with Crippen LogP contribution in [0, 0.1) is 0 Å². The van der Waals surface area contributed by atoms with Gasteiger partial charge in [0.15, 0.2) is 0 Å². The average molecular weight is 254 g/mol. The van der Waals surface area contributed by atoms with Crippen molar-refractivity contribution in [1.82, 2.24) is 5.32 Å². The molecular formula is C9H13Cl2NOS. The van der Waals surface area contributed by atoms with Gasteiger partial charge in [-0.25, -0.2) is 0 Å². The molecule has 1 aliphatic rings. The molecule has 1 aromatic rings. The van der Waals surface area contributed by atoms with E-state index >= 15 is 0 Å². The van der Waals surface area contributed by atoms with Crippen LogP contribution < -0.4 is 5.32 Å². The highest BCUT2D eigenvalue weighted by Gasteiger charge is 2.32. The lowest BCUT2D eigenvalue weighted by molar-refractivity contribution is 0.102. The van der Waals surface area contributed by atoms with Gasteiger partial charge in [0.05, 0.1) is 10.9 Å². The smallest absolute Gasteiger partial charge is 0.144 e. The number of hydrogen-bond acceptors (Lipinski definition) is 3. The minimum absolute atomic E-state index is 0. The molecule has 0 spiro atoms. The lowest BCUT2D eigenvalue weighted by atomic mass is 10.1. The molecule has 1 N–H and O–H groups in total. The Morgan fingerprint density at radius 1 is 1.57 bits per heavy atom. The summed E-state index contributed by atoms with van der Waals surface area (Å²) >= 11 is 7.41. The van der Waals surface area contributed by atoms with Gasteiger partial charge in [0.2, 0.25) is 0 Å². The van der Waals surface area contributed by atoms with E-state index in [4.69, 9.17) is 16.3 Å². The second-order valence-corrected chi connectivity index (χ2v) is 5.61. The van der Waals surface area contributed by atoms with E-state index in [1.807, 2.05) is 12.1 Å². The van der Waals surface area contributed by atoms with E-state index in [1.165, 1.54) is 0 Å². The molecule has 1 fully saturated rings. The highest BCUT2D eigenvalue weighted by atomic mass is 35.5. The summed E-state index contributed by atoms with van der Waals surface area (Å²) in [6, 6.07) is 3.91. The van der Waals surface area contributed by atoms with E-state index in [1.54, 1.807) is 11.3 Å². The van der Waals surface area contributed by atoms with Crippen LogP contribution in [0.1, 0.15) is 25.0 Å². The minimum atomic E-state index is 0. The van der Waals surface area contributed by atoms with Gasteiger partial charge >= 0.3 is 0 Å². The molecule has 1 aromatic heterocycles. The van der Waals surface area contributed by atoms with Crippen molar-refractivity contribution in [3.63, 3.8) is 0 Å². The lowest BCUT2D eigenvalue weighted by Crippen LogP contribution is -2.35. The van der Waals surface area contributed by atoms with E-state index in [0.717, 1.165) is 15.8 Å². The molecule has 5 heteroatoms. The maximum atomic E-state index is 5.85. The van der Waals surface area contributed by atoms with Gasteiger partial charge in [-0.2, -0.15) is 0 Å². The van der Waals surface area contributed by atoms with E-state index in [2.05, 4.69) is 19.2 Å². The van der Waals surface area contributed by atoms with Crippen molar-refractivity contribution in [3.8, 4) is 0 Å². The molecule has 1 atom stereocenters. The third-order valence-electron chi connectivity index (χ3n) is 1.99. The van der Waals surface area contributed by atoms with Crippen molar-refractivity contribution in [2.24, 2.45) is 0 Å². The first-order valence-electron chi connectivity index (χ1n) is 4.21. The molecule has 2 heterocycles. The lowest BCUT2D eigenvalue weighted by Gasteiger charge is -2.15. The predicted octanol–water partition coefficient (Wildman–Crippen LogP) is 3.22. The van der Waals surface area contributed by atoms with Crippen molar-refractivity contribution in [3.05, 3.63) is 21.3 Å². The van der Waals surface area contributed by atoms with Crippen LogP contribution in [-0.4, -0.2) is 12.1 Å². The summed E-state index contributed by atoms with van der Waals surface area (Å²) in [5.41, 5.74) is 0.0706. The van der Waals surface area contributed by atoms with Gasteiger partial charge < -0.3 is 4.74 Å². The van der Waals surface area contributed by atoms with E-state index in [0.29, 0.717) is 0 Å². The van der Waals surface area contributed by atoms with Gasteiger partial charge in [-0.15, -0.1) is 23.7 Å². The van der Waals surface area contributed by atoms with Crippen molar-refractivity contribution in [2.75, 3.05) is 6.61 Å². The zero-order chi connectivity index (χ0) is 9.47. The molecule has 1 unspecified atom stereocenters. The maximum Gasteiger partial charge on any atom is 0.144 e. The van der Waals surface area contributed by atoms with Crippen LogP contribution in [0.4, 0.5) is 0 Å². The second-order valence-electron chi connectivity index (χ2n) is 3.86. The van der Waals surface area contributed by atoms with Gasteiger partial charge in [-0.1, -0.05) is 11.6 Å². The fourth-order valence-electron chi connectivity index (χ4n) is 1.35. The Balaban J connectivity index is 0.000000980. The summed E-state index contributed by atoms with van der Waals surface area (Å²) in [4.78, 5) is 1.15. The highest BCUT2D eigenvalue weighted by Crippen LogP contribution is 2.32. The summed E-state index contributed by atoms with van der Waals surface area (Å²) in [7, 11) is 0. The van der Waals surface area contributed by atoms with E-state index in [-0.39, 0.29) is 24.2 Å². The SMILES string of the molecule is CC1(C)COC(c2ccc(Cl)s2)N1.Cl. The minimum Gasteiger partial charge on any atom is -0.356 e. The summed E-state index contributed by atoms with van der Waals surface area (Å²) < 4.78 is 6.42. The third-order valence-corrected chi connectivity index (χ3v) is 3.26. The molecule has 0 bridgehead atoms. The highest BCUT2D eigenvalue weighted by molar-refractivity contribution is 7.16. The average Bonchev–Trinajstić information content (AvgIpc) is 2.56. The Kier molecular flexibility index (Phi) is 3.83. The topological polar surface area (TPSA) is 21.3 Å². The predicted molar refractivity (Wildman–Crippen MR) is 62.5 cm³/mol. The first kappa shape index (κ1) is 12.3. The van der Waals surface area contributed by atoms with Gasteiger partial charge in [-0.05, 0) is 26.0 Å². The van der Waals surface area contributed by atoms with Crippen LogP contribution in [0.25, 0.3) is 0 Å². The summed E-state index contributed by atoms with van der Waals surface area (Å²) in [6.45, 7) is 5.00. The van der Waals surface area contributed by atoms with Gasteiger partial charge in [0.1, 0.15) is 6.23 Å². The summed E-state index contributed by atoms with van der Waals surface area (Å²) in [5.74, 6) is 0. The van der Waals surface area contributed by atoms with Gasteiger partial charge in [0.25, 0.3) is 0 Å². The quantitative estimate of drug-likeness (QED) is 0.830. The second kappa shape index (κ2) is 4.37. The van der Waals surface area contributed by atoms with Crippen LogP contribution >= 0.6 is 35.3 Å². The molecule has 0 aromatic carbocycles. The molecule has 1 aliphatic heterocycles. The largest absolute Gasteiger partial charge is 0.356 e. The fraction of sp³-hybridized carbons (Fsp3) is 0.556. The summed E-state index contributed by atoms with van der Waals surface area (Å²) in [5, 5.41) is 3.39. The Morgan fingerprint density at radius 3 is 2.71 bits per heavy atom. The van der Waals surface area contributed by atoms with Crippen LogP contribution in [-0.2, 0) is 4.74 Å². The van der Waals surface area contributed by atoms with E-state index in [9.17, 15) is 0 Å². The molecule has 0 saturated carbocycles. The molecule has 1 saturated heterocycles. The summed E-state index contributed by atoms with van der Waals surface area (Å²) in [6.07, 6.45) is 0.0208. The normalized spacial score (nSPS) is 24.6. The van der Waals surface area contributed by atoms with Crippen LogP contribution in [0.15, 0.2) is 12.1 Å². The number of nitrogens with one attached hydrogen (secondary N) is 1. The van der Waals surface area contributed by atoms with Gasteiger partial charge in [0, 0.05) is 10.4 Å². The van der Waals surface area contributed by atoms with Crippen LogP contribution in [0.3, 0.4) is 0 Å². The number of hydrogen-bond donors (Lipinski definition) is 1.